The van der Waals surface area contributed by atoms with Crippen molar-refractivity contribution in [3.63, 3.8) is 0 Å². The molecule has 0 fully saturated rings. The molecule has 0 amide bonds. The Morgan fingerprint density at radius 1 is 0.308 bits per heavy atom. The number of rotatable bonds is 61. The highest BCUT2D eigenvalue weighted by Gasteiger charge is 2.29. The average molecular weight is 1310 g/mol. The van der Waals surface area contributed by atoms with Gasteiger partial charge in [-0.05, 0) is 141 Å². The summed E-state index contributed by atoms with van der Waals surface area (Å²) in [4.78, 5) is 58.3. The standard InChI is InChI=1S/C73H116O16P2/c1-4-7-10-13-16-19-22-25-28-31-32-33-34-37-39-41-44-47-50-53-56-59-71(76)83-62-68(74)63-85-90(79,80)86-64-69(75)65-87-91(81,82)88-67-70(89-73(78)61-58-55-52-49-46-43-40-36-30-27-24-21-18-15-12-9-6-3)66-84-72(77)60-57-54-51-48-45-42-38-35-29-26-23-20-17-14-11-8-5-2/h7-12,16-21,25-30,32-33,37-40,42-43,48,51,68-70,74-75H,4-6,13-15,22-24,31,34-36,41,44-47,49-50,52-67H2,1-3H3,(H,79,80)(H,81,82)/b10-7-,11-8-,12-9-,19-16-,20-17-,21-18-,28-25-,29-26-,30-27-,33-32-,39-37-,42-38-,43-40-,51-48-. The second-order valence-electron chi connectivity index (χ2n) is 21.5. The van der Waals surface area contributed by atoms with Crippen molar-refractivity contribution in [1.82, 2.24) is 0 Å². The average Bonchev–Trinajstić information content (AvgIpc) is 3.74. The molecule has 18 heteroatoms. The molecule has 0 aromatic rings. The number of aliphatic hydroxyl groups is 2. The van der Waals surface area contributed by atoms with E-state index in [1.807, 2.05) is 12.2 Å². The van der Waals surface area contributed by atoms with Gasteiger partial charge >= 0.3 is 33.6 Å². The Hall–Kier alpha value is -5.09. The van der Waals surface area contributed by atoms with Gasteiger partial charge in [0.2, 0.25) is 0 Å². The Morgan fingerprint density at radius 3 is 0.912 bits per heavy atom. The maximum absolute atomic E-state index is 12.9. The van der Waals surface area contributed by atoms with E-state index in [4.69, 9.17) is 32.3 Å². The predicted molar refractivity (Wildman–Crippen MR) is 371 cm³/mol. The lowest BCUT2D eigenvalue weighted by molar-refractivity contribution is -0.161. The van der Waals surface area contributed by atoms with Crippen LogP contribution in [0.4, 0.5) is 0 Å². The molecular formula is C73H116O16P2. The van der Waals surface area contributed by atoms with Gasteiger partial charge in [0.05, 0.1) is 26.4 Å². The molecule has 5 atom stereocenters. The van der Waals surface area contributed by atoms with Crippen molar-refractivity contribution in [3.05, 3.63) is 170 Å². The summed E-state index contributed by atoms with van der Waals surface area (Å²) in [7, 11) is -9.82. The minimum absolute atomic E-state index is 0.0565. The highest BCUT2D eigenvalue weighted by molar-refractivity contribution is 7.47. The molecule has 4 N–H and O–H groups in total. The number of phosphoric acid groups is 2. The largest absolute Gasteiger partial charge is 0.472 e. The summed E-state index contributed by atoms with van der Waals surface area (Å²) >= 11 is 0. The molecule has 0 bridgehead atoms. The molecule has 91 heavy (non-hydrogen) atoms. The second-order valence-corrected chi connectivity index (χ2v) is 24.4. The van der Waals surface area contributed by atoms with Crippen LogP contribution in [0.5, 0.6) is 0 Å². The molecule has 0 heterocycles. The maximum Gasteiger partial charge on any atom is 0.472 e. The smallest absolute Gasteiger partial charge is 0.463 e. The summed E-state index contributed by atoms with van der Waals surface area (Å²) in [5, 5.41) is 20.5. The maximum atomic E-state index is 12.9. The van der Waals surface area contributed by atoms with Crippen LogP contribution in [0.3, 0.4) is 0 Å². The van der Waals surface area contributed by atoms with Gasteiger partial charge in [-0.15, -0.1) is 0 Å². The van der Waals surface area contributed by atoms with Crippen LogP contribution in [0.1, 0.15) is 213 Å². The van der Waals surface area contributed by atoms with E-state index in [0.717, 1.165) is 148 Å². The van der Waals surface area contributed by atoms with E-state index in [9.17, 15) is 43.5 Å². The third-order valence-corrected chi connectivity index (χ3v) is 14.8. The van der Waals surface area contributed by atoms with E-state index < -0.39 is 91.5 Å². The SMILES string of the molecule is CC/C=C\C/C=C\C/C=C\C/C=C\C/C=C\CCCCCCCC(=O)OCC(O)COP(=O)(O)OCC(O)COP(=O)(O)OCC(COC(=O)CCC/C=C\C/C=C\C/C=C\C/C=C\C/C=C\CC)OC(=O)CCCCCC/C=C\C/C=C\C/C=C\C/C=C\CC. The molecule has 0 radical (unpaired) electrons. The normalized spacial score (nSPS) is 15.3. The lowest BCUT2D eigenvalue weighted by Crippen LogP contribution is -2.30. The van der Waals surface area contributed by atoms with Crippen LogP contribution in [-0.4, -0.2) is 95.9 Å². The van der Waals surface area contributed by atoms with Crippen molar-refractivity contribution in [3.8, 4) is 0 Å². The molecule has 0 aromatic carbocycles. The lowest BCUT2D eigenvalue weighted by Gasteiger charge is -2.21. The van der Waals surface area contributed by atoms with Crippen molar-refractivity contribution >= 4 is 33.6 Å². The number of allylic oxidation sites excluding steroid dienone is 28. The van der Waals surface area contributed by atoms with Crippen LogP contribution in [0.25, 0.3) is 0 Å². The van der Waals surface area contributed by atoms with Crippen molar-refractivity contribution < 1.29 is 75.8 Å². The van der Waals surface area contributed by atoms with Crippen LogP contribution in [-0.2, 0) is 55.8 Å². The molecule has 0 saturated heterocycles. The monoisotopic (exact) mass is 1310 g/mol. The summed E-state index contributed by atoms with van der Waals surface area (Å²) in [6.07, 6.45) is 79.8. The Kier molecular flexibility index (Phi) is 61.4. The summed E-state index contributed by atoms with van der Waals surface area (Å²) < 4.78 is 60.8. The van der Waals surface area contributed by atoms with Crippen LogP contribution in [0.15, 0.2) is 170 Å². The molecule has 0 saturated carbocycles. The number of aliphatic hydroxyl groups excluding tert-OH is 2. The fraction of sp³-hybridized carbons (Fsp3) is 0.575. The zero-order chi connectivity index (χ0) is 66.7. The Bertz CT molecular complexity index is 2340. The van der Waals surface area contributed by atoms with E-state index in [-0.39, 0.29) is 19.3 Å². The minimum atomic E-state index is -4.95. The first kappa shape index (κ1) is 85.9. The highest BCUT2D eigenvalue weighted by Crippen LogP contribution is 2.45. The fourth-order valence-electron chi connectivity index (χ4n) is 7.92. The van der Waals surface area contributed by atoms with E-state index in [1.54, 1.807) is 0 Å². The van der Waals surface area contributed by atoms with Gasteiger partial charge in [-0.2, -0.15) is 0 Å². The molecule has 0 aliphatic rings. The number of carbonyl (C=O) groups is 3. The minimum Gasteiger partial charge on any atom is -0.463 e. The fourth-order valence-corrected chi connectivity index (χ4v) is 9.50. The third-order valence-electron chi connectivity index (χ3n) is 12.9. The highest BCUT2D eigenvalue weighted by atomic mass is 31.2. The van der Waals surface area contributed by atoms with Crippen molar-refractivity contribution in [1.29, 1.82) is 0 Å². The molecule has 514 valence electrons. The molecule has 0 spiro atoms. The summed E-state index contributed by atoms with van der Waals surface area (Å²) in [6.45, 7) is 2.16. The van der Waals surface area contributed by atoms with Crippen molar-refractivity contribution in [2.75, 3.05) is 39.6 Å². The zero-order valence-corrected chi connectivity index (χ0v) is 57.2. The van der Waals surface area contributed by atoms with Gasteiger partial charge < -0.3 is 34.2 Å². The van der Waals surface area contributed by atoms with Crippen molar-refractivity contribution in [2.24, 2.45) is 0 Å². The molecule has 0 aromatic heterocycles. The quantitative estimate of drug-likeness (QED) is 0.0146. The molecule has 0 aliphatic carbocycles. The Labute approximate surface area is 548 Å². The first-order chi connectivity index (χ1) is 44.2. The topological polar surface area (TPSA) is 231 Å². The lowest BCUT2D eigenvalue weighted by atomic mass is 10.1. The van der Waals surface area contributed by atoms with Gasteiger partial charge in [0.1, 0.15) is 25.4 Å². The second kappa shape index (κ2) is 65.0. The number of hydrogen-bond donors (Lipinski definition) is 4. The number of carbonyl (C=O) groups excluding carboxylic acids is 3. The van der Waals surface area contributed by atoms with E-state index in [1.165, 1.54) is 0 Å². The molecule has 5 unspecified atom stereocenters. The van der Waals surface area contributed by atoms with Crippen LogP contribution in [0.2, 0.25) is 0 Å². The third kappa shape index (κ3) is 66.2. The van der Waals surface area contributed by atoms with Gasteiger partial charge in [-0.1, -0.05) is 223 Å². The summed E-state index contributed by atoms with van der Waals surface area (Å²) in [5.74, 6) is -1.71. The first-order valence-corrected chi connectivity index (χ1v) is 36.4. The van der Waals surface area contributed by atoms with Crippen molar-refractivity contribution in [2.45, 2.75) is 232 Å². The number of unbranched alkanes of at least 4 members (excludes halogenated alkanes) is 10. The molecule has 16 nitrogen and oxygen atoms in total. The van der Waals surface area contributed by atoms with Gasteiger partial charge in [0.15, 0.2) is 6.10 Å². The number of phosphoric ester groups is 2. The van der Waals surface area contributed by atoms with Gasteiger partial charge in [-0.3, -0.25) is 32.5 Å². The van der Waals surface area contributed by atoms with E-state index in [0.29, 0.717) is 25.7 Å². The Balaban J connectivity index is 4.79. The van der Waals surface area contributed by atoms with Gasteiger partial charge in [0, 0.05) is 19.3 Å². The van der Waals surface area contributed by atoms with Crippen LogP contribution in [0, 0.1) is 0 Å². The number of esters is 3. The molecule has 0 rings (SSSR count). The van der Waals surface area contributed by atoms with Gasteiger partial charge in [0.25, 0.3) is 0 Å². The summed E-state index contributed by atoms with van der Waals surface area (Å²) in [5.41, 5.74) is 0. The van der Waals surface area contributed by atoms with Crippen LogP contribution < -0.4 is 0 Å². The molecule has 0 aliphatic heterocycles. The number of ether oxygens (including phenoxy) is 3. The zero-order valence-electron chi connectivity index (χ0n) is 55.4. The Morgan fingerprint density at radius 2 is 0.560 bits per heavy atom. The van der Waals surface area contributed by atoms with E-state index in [2.05, 4.69) is 179 Å². The van der Waals surface area contributed by atoms with Gasteiger partial charge in [-0.25, -0.2) is 9.13 Å². The predicted octanol–water partition coefficient (Wildman–Crippen LogP) is 18.5. The van der Waals surface area contributed by atoms with Crippen LogP contribution >= 0.6 is 15.6 Å². The molecular weight excluding hydrogens is 1190 g/mol. The number of hydrogen-bond acceptors (Lipinski definition) is 14. The van der Waals surface area contributed by atoms with E-state index >= 15 is 0 Å². The summed E-state index contributed by atoms with van der Waals surface area (Å²) in [6, 6.07) is 0. The first-order valence-electron chi connectivity index (χ1n) is 33.4.